The number of H-pyrrole nitrogens is 1. The van der Waals surface area contributed by atoms with Crippen LogP contribution in [0.15, 0.2) is 21.9 Å². The van der Waals surface area contributed by atoms with E-state index in [0.29, 0.717) is 6.42 Å². The van der Waals surface area contributed by atoms with E-state index < -0.39 is 49.1 Å². The lowest BCUT2D eigenvalue weighted by atomic mass is 10.2. The largest absolute Gasteiger partial charge is 0.613 e. The quantitative estimate of drug-likeness (QED) is 0.361. The summed E-state index contributed by atoms with van der Waals surface area (Å²) in [7, 11) is -2.33. The Morgan fingerprint density at radius 2 is 2.19 bits per heavy atom. The molecule has 1 aliphatic heterocycles. The van der Waals surface area contributed by atoms with E-state index in [1.807, 2.05) is 0 Å². The number of rotatable bonds is 8. The minimum Gasteiger partial charge on any atom is -0.462 e. The van der Waals surface area contributed by atoms with Gasteiger partial charge in [0.1, 0.15) is 12.6 Å². The van der Waals surface area contributed by atoms with Crippen molar-refractivity contribution in [2.75, 3.05) is 6.61 Å². The van der Waals surface area contributed by atoms with Gasteiger partial charge in [-0.1, -0.05) is 5.09 Å². The van der Waals surface area contributed by atoms with Gasteiger partial charge in [-0.3, -0.25) is 19.1 Å². The molecule has 27 heavy (non-hydrogen) atoms. The summed E-state index contributed by atoms with van der Waals surface area (Å²) in [5.41, 5.74) is -1.15. The minimum absolute atomic E-state index is 0.0496. The van der Waals surface area contributed by atoms with Gasteiger partial charge in [0, 0.05) is 12.3 Å². The molecule has 0 radical (unpaired) electrons. The molecule has 0 spiro atoms. The SMILES string of the molecule is CC(C)OC(=O)[C@@H](C)N[P+](=O)OC[C@@H]1C[C@H](Cl)[C@H](n2ccc(=O)[nH]c2=O)O1. The summed E-state index contributed by atoms with van der Waals surface area (Å²) >= 11 is 6.23. The number of carbonyl (C=O) groups excluding carboxylic acids is 1. The summed E-state index contributed by atoms with van der Waals surface area (Å²) in [4.78, 5) is 36.8. The van der Waals surface area contributed by atoms with Crippen LogP contribution in [0.2, 0.25) is 0 Å². The zero-order chi connectivity index (χ0) is 20.1. The van der Waals surface area contributed by atoms with Gasteiger partial charge in [0.05, 0.1) is 17.6 Å². The average molecular weight is 423 g/mol. The molecule has 1 fully saturated rings. The molecule has 2 heterocycles. The predicted octanol–water partition coefficient (Wildman–Crippen LogP) is 1.04. The van der Waals surface area contributed by atoms with Crippen molar-refractivity contribution in [1.82, 2.24) is 14.6 Å². The van der Waals surface area contributed by atoms with E-state index >= 15 is 0 Å². The van der Waals surface area contributed by atoms with Crippen LogP contribution in [-0.2, 0) is 23.4 Å². The molecule has 5 atom stereocenters. The third-order valence-electron chi connectivity index (χ3n) is 3.64. The molecule has 10 nitrogen and oxygen atoms in total. The van der Waals surface area contributed by atoms with Gasteiger partial charge in [0.2, 0.25) is 0 Å². The molecule has 2 rings (SSSR count). The van der Waals surface area contributed by atoms with Crippen LogP contribution in [0.3, 0.4) is 0 Å². The van der Waals surface area contributed by atoms with Crippen molar-refractivity contribution in [3.63, 3.8) is 0 Å². The van der Waals surface area contributed by atoms with Gasteiger partial charge in [-0.25, -0.2) is 4.79 Å². The van der Waals surface area contributed by atoms with Crippen LogP contribution >= 0.6 is 19.8 Å². The van der Waals surface area contributed by atoms with E-state index in [1.165, 1.54) is 23.8 Å². The van der Waals surface area contributed by atoms with Gasteiger partial charge in [-0.15, -0.1) is 16.1 Å². The summed E-state index contributed by atoms with van der Waals surface area (Å²) in [5.74, 6) is -0.535. The summed E-state index contributed by atoms with van der Waals surface area (Å²) in [6.45, 7) is 4.89. The highest BCUT2D eigenvalue weighted by molar-refractivity contribution is 7.36. The molecule has 0 aliphatic carbocycles. The number of alkyl halides is 1. The lowest BCUT2D eigenvalue weighted by Crippen LogP contribution is -2.34. The Morgan fingerprint density at radius 3 is 2.81 bits per heavy atom. The van der Waals surface area contributed by atoms with Crippen LogP contribution < -0.4 is 16.3 Å². The van der Waals surface area contributed by atoms with Gasteiger partial charge >= 0.3 is 19.8 Å². The van der Waals surface area contributed by atoms with Gasteiger partial charge in [0.15, 0.2) is 6.23 Å². The lowest BCUT2D eigenvalue weighted by Gasteiger charge is -2.16. The molecule has 1 unspecified atom stereocenters. The van der Waals surface area contributed by atoms with Crippen molar-refractivity contribution in [3.8, 4) is 0 Å². The van der Waals surface area contributed by atoms with Crippen molar-refractivity contribution in [2.45, 2.75) is 57.0 Å². The van der Waals surface area contributed by atoms with Gasteiger partial charge in [-0.2, -0.15) is 0 Å². The smallest absolute Gasteiger partial charge is 0.462 e. The molecule has 0 saturated carbocycles. The Hall–Kier alpha value is -1.58. The average Bonchev–Trinajstić information content (AvgIpc) is 2.93. The molecule has 1 aliphatic rings. The monoisotopic (exact) mass is 422 g/mol. The Labute approximate surface area is 161 Å². The molecular formula is C15H22ClN3O7P+. The molecule has 0 bridgehead atoms. The highest BCUT2D eigenvalue weighted by atomic mass is 35.5. The maximum atomic E-state index is 11.9. The number of nitrogens with zero attached hydrogens (tertiary/aromatic N) is 1. The van der Waals surface area contributed by atoms with Gasteiger partial charge < -0.3 is 9.47 Å². The molecular weight excluding hydrogens is 401 g/mol. The van der Waals surface area contributed by atoms with E-state index in [1.54, 1.807) is 13.8 Å². The van der Waals surface area contributed by atoms with Crippen LogP contribution in [0.1, 0.15) is 33.4 Å². The lowest BCUT2D eigenvalue weighted by molar-refractivity contribution is -0.149. The number of nitrogens with one attached hydrogen (secondary N) is 2. The van der Waals surface area contributed by atoms with Crippen LogP contribution in [0.5, 0.6) is 0 Å². The summed E-state index contributed by atoms with van der Waals surface area (Å²) < 4.78 is 29.0. The number of hydrogen-bond donors (Lipinski definition) is 2. The number of ether oxygens (including phenoxy) is 2. The van der Waals surface area contributed by atoms with Crippen LogP contribution in [0, 0.1) is 0 Å². The highest BCUT2D eigenvalue weighted by Crippen LogP contribution is 2.33. The van der Waals surface area contributed by atoms with E-state index in [0.717, 1.165) is 0 Å². The van der Waals surface area contributed by atoms with E-state index in [-0.39, 0.29) is 12.7 Å². The van der Waals surface area contributed by atoms with Crippen LogP contribution in [-0.4, -0.2) is 45.8 Å². The number of esters is 1. The molecule has 12 heteroatoms. The van der Waals surface area contributed by atoms with Crippen molar-refractivity contribution in [1.29, 1.82) is 0 Å². The first-order chi connectivity index (χ1) is 12.7. The van der Waals surface area contributed by atoms with Crippen molar-refractivity contribution in [3.05, 3.63) is 33.1 Å². The maximum absolute atomic E-state index is 11.9. The number of halogens is 1. The maximum Gasteiger partial charge on any atom is 0.613 e. The molecule has 150 valence electrons. The van der Waals surface area contributed by atoms with Crippen LogP contribution in [0.25, 0.3) is 0 Å². The van der Waals surface area contributed by atoms with Crippen molar-refractivity contribution >= 4 is 25.7 Å². The number of aromatic amines is 1. The summed E-state index contributed by atoms with van der Waals surface area (Å²) in [6.07, 6.45) is 0.0900. The number of carbonyl (C=O) groups is 1. The van der Waals surface area contributed by atoms with Crippen LogP contribution in [0.4, 0.5) is 0 Å². The fourth-order valence-corrected chi connectivity index (χ4v) is 3.59. The number of aromatic nitrogens is 2. The molecule has 1 aromatic heterocycles. The van der Waals surface area contributed by atoms with E-state index in [2.05, 4.69) is 10.1 Å². The Kier molecular flexibility index (Phi) is 7.69. The standard InChI is InChI=1S/C15H21ClN3O7P/c1-8(2)25-14(21)9(3)18-27(23)24-7-10-6-11(16)13(26-10)19-5-4-12(20)17-15(19)22/h4-5,8-11,13H,6-7H2,1-3H3,(H-,17,18,20,22,23)/p+1/t9-,10+,11+,13-/m1/s1. The zero-order valence-corrected chi connectivity index (χ0v) is 16.7. The Bertz CT molecular complexity index is 796. The summed E-state index contributed by atoms with van der Waals surface area (Å²) in [6, 6.07) is 0.394. The fourth-order valence-electron chi connectivity index (χ4n) is 2.41. The zero-order valence-electron chi connectivity index (χ0n) is 15.1. The molecule has 0 amide bonds. The number of hydrogen-bond acceptors (Lipinski definition) is 7. The van der Waals surface area contributed by atoms with Crippen molar-refractivity contribution in [2.24, 2.45) is 0 Å². The minimum atomic E-state index is -2.33. The van der Waals surface area contributed by atoms with Gasteiger partial charge in [-0.05, 0) is 31.8 Å². The highest BCUT2D eigenvalue weighted by Gasteiger charge is 2.38. The normalized spacial score (nSPS) is 24.0. The third kappa shape index (κ3) is 6.22. The van der Waals surface area contributed by atoms with E-state index in [9.17, 15) is 18.9 Å². The van der Waals surface area contributed by atoms with E-state index in [4.69, 9.17) is 25.6 Å². The Balaban J connectivity index is 1.85. The first-order valence-corrected chi connectivity index (χ1v) is 9.96. The molecule has 2 N–H and O–H groups in total. The predicted molar refractivity (Wildman–Crippen MR) is 96.9 cm³/mol. The first kappa shape index (κ1) is 21.7. The van der Waals surface area contributed by atoms with Crippen molar-refractivity contribution < 1.29 is 23.4 Å². The Morgan fingerprint density at radius 1 is 1.48 bits per heavy atom. The topological polar surface area (TPSA) is 129 Å². The third-order valence-corrected chi connectivity index (χ3v) is 5.01. The molecule has 0 aromatic carbocycles. The molecule has 1 aromatic rings. The second-order valence-corrected chi connectivity index (χ2v) is 7.90. The summed E-state index contributed by atoms with van der Waals surface area (Å²) in [5, 5.41) is 1.97. The second kappa shape index (κ2) is 9.57. The van der Waals surface area contributed by atoms with Gasteiger partial charge in [0.25, 0.3) is 5.56 Å². The first-order valence-electron chi connectivity index (χ1n) is 8.35. The molecule has 1 saturated heterocycles. The fraction of sp³-hybridized carbons (Fsp3) is 0.667. The second-order valence-electron chi connectivity index (χ2n) is 6.31.